The van der Waals surface area contributed by atoms with Gasteiger partial charge in [-0.25, -0.2) is 0 Å². The number of benzene rings is 1. The molecule has 0 heterocycles. The third-order valence-electron chi connectivity index (χ3n) is 3.88. The Morgan fingerprint density at radius 1 is 1.25 bits per heavy atom. The van der Waals surface area contributed by atoms with E-state index < -0.39 is 0 Å². The van der Waals surface area contributed by atoms with E-state index in [1.54, 1.807) is 17.0 Å². The second kappa shape index (κ2) is 7.02. The molecule has 1 aliphatic carbocycles. The molecule has 0 radical (unpaired) electrons. The van der Waals surface area contributed by atoms with E-state index in [0.29, 0.717) is 16.5 Å². The highest BCUT2D eigenvalue weighted by molar-refractivity contribution is 6.42. The summed E-state index contributed by atoms with van der Waals surface area (Å²) in [5.41, 5.74) is 0.873. The van der Waals surface area contributed by atoms with Crippen LogP contribution in [0.25, 0.3) is 0 Å². The van der Waals surface area contributed by atoms with Gasteiger partial charge in [0.15, 0.2) is 0 Å². The Morgan fingerprint density at radius 2 is 1.95 bits per heavy atom. The van der Waals surface area contributed by atoms with Crippen molar-refractivity contribution in [2.45, 2.75) is 43.5 Å². The topological polar surface area (TPSA) is 20.3 Å². The number of alkyl halides is 1. The van der Waals surface area contributed by atoms with E-state index in [-0.39, 0.29) is 17.3 Å². The molecule has 1 saturated carbocycles. The lowest BCUT2D eigenvalue weighted by atomic mass is 9.93. The molecule has 2 unspecified atom stereocenters. The van der Waals surface area contributed by atoms with Crippen LogP contribution in [0.1, 0.15) is 31.2 Å². The Labute approximate surface area is 135 Å². The van der Waals surface area contributed by atoms with Gasteiger partial charge < -0.3 is 4.90 Å². The lowest BCUT2D eigenvalue weighted by molar-refractivity contribution is -0.131. The van der Waals surface area contributed by atoms with Crippen molar-refractivity contribution in [1.29, 1.82) is 0 Å². The SMILES string of the molecule is CN(C(=O)Cc1ccc(Cl)c(Cl)c1)C1CCCCC1Cl. The number of nitrogens with zero attached hydrogens (tertiary/aromatic N) is 1. The van der Waals surface area contributed by atoms with Gasteiger partial charge in [0.05, 0.1) is 21.8 Å². The third-order valence-corrected chi connectivity index (χ3v) is 5.13. The Morgan fingerprint density at radius 3 is 2.60 bits per heavy atom. The van der Waals surface area contributed by atoms with Gasteiger partial charge in [0.1, 0.15) is 0 Å². The number of rotatable bonds is 3. The molecule has 1 aliphatic rings. The zero-order valence-corrected chi connectivity index (χ0v) is 13.7. The molecule has 2 rings (SSSR count). The van der Waals surface area contributed by atoms with E-state index in [2.05, 4.69) is 0 Å². The van der Waals surface area contributed by atoms with Crippen molar-refractivity contribution in [2.75, 3.05) is 7.05 Å². The van der Waals surface area contributed by atoms with Crippen LogP contribution < -0.4 is 0 Å². The van der Waals surface area contributed by atoms with E-state index in [9.17, 15) is 4.79 Å². The predicted molar refractivity (Wildman–Crippen MR) is 84.8 cm³/mol. The molecule has 1 fully saturated rings. The van der Waals surface area contributed by atoms with E-state index in [1.807, 2.05) is 13.1 Å². The van der Waals surface area contributed by atoms with Gasteiger partial charge in [0, 0.05) is 13.1 Å². The second-order valence-electron chi connectivity index (χ2n) is 5.30. The summed E-state index contributed by atoms with van der Waals surface area (Å²) in [6.45, 7) is 0. The molecular formula is C15H18Cl3NO. The fraction of sp³-hybridized carbons (Fsp3) is 0.533. The van der Waals surface area contributed by atoms with Crippen molar-refractivity contribution in [3.05, 3.63) is 33.8 Å². The van der Waals surface area contributed by atoms with Crippen LogP contribution in [0.3, 0.4) is 0 Å². The quantitative estimate of drug-likeness (QED) is 0.743. The van der Waals surface area contributed by atoms with Gasteiger partial charge >= 0.3 is 0 Å². The second-order valence-corrected chi connectivity index (χ2v) is 6.67. The predicted octanol–water partition coefficient (Wildman–Crippen LogP) is 4.54. The van der Waals surface area contributed by atoms with Crippen LogP contribution in [0.2, 0.25) is 10.0 Å². The summed E-state index contributed by atoms with van der Waals surface area (Å²) >= 11 is 18.2. The van der Waals surface area contributed by atoms with Crippen molar-refractivity contribution in [3.8, 4) is 0 Å². The Balaban J connectivity index is 2.01. The van der Waals surface area contributed by atoms with E-state index in [4.69, 9.17) is 34.8 Å². The molecule has 5 heteroatoms. The molecule has 0 spiro atoms. The average Bonchev–Trinajstić information content (AvgIpc) is 2.42. The Bertz CT molecular complexity index is 492. The van der Waals surface area contributed by atoms with Crippen LogP contribution in [0, 0.1) is 0 Å². The Kier molecular flexibility index (Phi) is 5.59. The highest BCUT2D eigenvalue weighted by Gasteiger charge is 2.29. The monoisotopic (exact) mass is 333 g/mol. The Hall–Kier alpha value is -0.440. The maximum absolute atomic E-state index is 12.3. The fourth-order valence-corrected chi connectivity index (χ4v) is 3.41. The molecule has 0 aromatic heterocycles. The maximum atomic E-state index is 12.3. The summed E-state index contributed by atoms with van der Waals surface area (Å²) in [6.07, 6.45) is 4.58. The molecule has 1 aromatic rings. The summed E-state index contributed by atoms with van der Waals surface area (Å²) in [5.74, 6) is 0.0703. The van der Waals surface area contributed by atoms with Gasteiger partial charge in [0.25, 0.3) is 0 Å². The molecule has 0 bridgehead atoms. The number of likely N-dealkylation sites (N-methyl/N-ethyl adjacent to an activating group) is 1. The fourth-order valence-electron chi connectivity index (χ4n) is 2.64. The summed E-state index contributed by atoms with van der Waals surface area (Å²) in [4.78, 5) is 14.1. The highest BCUT2D eigenvalue weighted by Crippen LogP contribution is 2.27. The average molecular weight is 335 g/mol. The maximum Gasteiger partial charge on any atom is 0.227 e. The minimum atomic E-state index is 0.0616. The number of halogens is 3. The molecule has 1 amide bonds. The first-order valence-electron chi connectivity index (χ1n) is 6.82. The third kappa shape index (κ3) is 3.81. The van der Waals surface area contributed by atoms with Crippen LogP contribution in [0.15, 0.2) is 18.2 Å². The lowest BCUT2D eigenvalue weighted by Crippen LogP contribution is -2.44. The van der Waals surface area contributed by atoms with Gasteiger partial charge in [-0.05, 0) is 30.5 Å². The van der Waals surface area contributed by atoms with Crippen molar-refractivity contribution >= 4 is 40.7 Å². The normalized spacial score (nSPS) is 22.6. The summed E-state index contributed by atoms with van der Waals surface area (Å²) in [6, 6.07) is 5.44. The molecule has 2 atom stereocenters. The van der Waals surface area contributed by atoms with Gasteiger partial charge in [-0.1, -0.05) is 42.1 Å². The molecule has 2 nitrogen and oxygen atoms in total. The molecule has 0 saturated heterocycles. The van der Waals surface area contributed by atoms with Crippen molar-refractivity contribution in [1.82, 2.24) is 4.90 Å². The number of carbonyl (C=O) groups excluding carboxylic acids is 1. The van der Waals surface area contributed by atoms with Crippen LogP contribution in [0.4, 0.5) is 0 Å². The molecule has 0 N–H and O–H groups in total. The molecular weight excluding hydrogens is 317 g/mol. The molecule has 110 valence electrons. The van der Waals surface area contributed by atoms with E-state index >= 15 is 0 Å². The van der Waals surface area contributed by atoms with Crippen LogP contribution in [-0.2, 0) is 11.2 Å². The van der Waals surface area contributed by atoms with Gasteiger partial charge in [-0.3, -0.25) is 4.79 Å². The molecule has 20 heavy (non-hydrogen) atoms. The summed E-state index contributed by atoms with van der Waals surface area (Å²) in [5, 5.41) is 1.04. The van der Waals surface area contributed by atoms with Crippen LogP contribution in [-0.4, -0.2) is 29.3 Å². The van der Waals surface area contributed by atoms with Crippen molar-refractivity contribution in [2.24, 2.45) is 0 Å². The first-order valence-corrected chi connectivity index (χ1v) is 8.02. The van der Waals surface area contributed by atoms with E-state index in [1.165, 1.54) is 0 Å². The smallest absolute Gasteiger partial charge is 0.227 e. The zero-order chi connectivity index (χ0) is 14.7. The lowest BCUT2D eigenvalue weighted by Gasteiger charge is -2.35. The summed E-state index contributed by atoms with van der Waals surface area (Å²) in [7, 11) is 1.84. The summed E-state index contributed by atoms with van der Waals surface area (Å²) < 4.78 is 0. The van der Waals surface area contributed by atoms with Crippen LogP contribution >= 0.6 is 34.8 Å². The molecule has 1 aromatic carbocycles. The minimum Gasteiger partial charge on any atom is -0.341 e. The first-order chi connectivity index (χ1) is 9.49. The molecule has 0 aliphatic heterocycles. The number of hydrogen-bond donors (Lipinski definition) is 0. The first kappa shape index (κ1) is 15.9. The number of hydrogen-bond acceptors (Lipinski definition) is 1. The highest BCUT2D eigenvalue weighted by atomic mass is 35.5. The van der Waals surface area contributed by atoms with Gasteiger partial charge in [-0.15, -0.1) is 11.6 Å². The van der Waals surface area contributed by atoms with Crippen LogP contribution in [0.5, 0.6) is 0 Å². The van der Waals surface area contributed by atoms with Gasteiger partial charge in [-0.2, -0.15) is 0 Å². The largest absolute Gasteiger partial charge is 0.341 e. The van der Waals surface area contributed by atoms with Crippen molar-refractivity contribution in [3.63, 3.8) is 0 Å². The zero-order valence-electron chi connectivity index (χ0n) is 11.4. The number of amides is 1. The van der Waals surface area contributed by atoms with E-state index in [0.717, 1.165) is 31.2 Å². The standard InChI is InChI=1S/C15H18Cl3NO/c1-19(14-5-3-2-4-12(14)17)15(20)9-10-6-7-11(16)13(18)8-10/h6-8,12,14H,2-5,9H2,1H3. The minimum absolute atomic E-state index is 0.0616. The number of carbonyl (C=O) groups is 1. The van der Waals surface area contributed by atoms with Gasteiger partial charge in [0.2, 0.25) is 5.91 Å². The van der Waals surface area contributed by atoms with Crippen molar-refractivity contribution < 1.29 is 4.79 Å².